The van der Waals surface area contributed by atoms with Gasteiger partial charge in [0, 0.05) is 23.3 Å². The molecule has 3 aromatic rings. The van der Waals surface area contributed by atoms with Crippen LogP contribution in [-0.4, -0.2) is 20.9 Å². The molecule has 0 saturated carbocycles. The lowest BCUT2D eigenvalue weighted by Crippen LogP contribution is -2.16. The summed E-state index contributed by atoms with van der Waals surface area (Å²) in [5.41, 5.74) is 5.40. The molecule has 25 heavy (non-hydrogen) atoms. The lowest BCUT2D eigenvalue weighted by molar-refractivity contribution is 0.0991. The molecular weight excluding hydrogens is 374 g/mol. The minimum absolute atomic E-state index is 0.0696. The first-order valence-electron chi connectivity index (χ1n) is 6.78. The highest BCUT2D eigenvalue weighted by atomic mass is 35.5. The van der Waals surface area contributed by atoms with Gasteiger partial charge in [0.2, 0.25) is 5.28 Å². The van der Waals surface area contributed by atoms with Crippen LogP contribution < -0.4 is 10.5 Å². The van der Waals surface area contributed by atoms with Crippen LogP contribution in [0, 0.1) is 11.6 Å². The fourth-order valence-corrected chi connectivity index (χ4v) is 2.78. The van der Waals surface area contributed by atoms with Gasteiger partial charge in [-0.3, -0.25) is 4.79 Å². The topological polar surface area (TPSA) is 91.0 Å². The summed E-state index contributed by atoms with van der Waals surface area (Å²) in [6.07, 6.45) is 3.04. The van der Waals surface area contributed by atoms with Gasteiger partial charge >= 0.3 is 0 Å². The summed E-state index contributed by atoms with van der Waals surface area (Å²) in [5, 5.41) is 2.41. The van der Waals surface area contributed by atoms with Crippen LogP contribution in [0.25, 0.3) is 11.3 Å². The number of primary amides is 1. The molecule has 128 valence electrons. The van der Waals surface area contributed by atoms with Crippen molar-refractivity contribution in [2.24, 2.45) is 5.73 Å². The van der Waals surface area contributed by atoms with E-state index in [0.29, 0.717) is 16.3 Å². The molecule has 10 heteroatoms. The average molecular weight is 383 g/mol. The second kappa shape index (κ2) is 7.08. The standard InChI is InChI=1S/C15H9ClF2N4O2S/c16-15-20-3-7(4-21-15)9-6-25-11(22-9)5-24-10-2-1-8(17)12(13(10)18)14(19)23/h1-4,6H,5H2,(H2,19,23). The summed E-state index contributed by atoms with van der Waals surface area (Å²) in [6, 6.07) is 2.00. The SMILES string of the molecule is NC(=O)c1c(F)ccc(OCc2nc(-c3cnc(Cl)nc3)cs2)c1F. The molecule has 0 aliphatic heterocycles. The van der Waals surface area contributed by atoms with Crippen molar-refractivity contribution in [1.29, 1.82) is 0 Å². The maximum atomic E-state index is 14.1. The van der Waals surface area contributed by atoms with Crippen molar-refractivity contribution < 1.29 is 18.3 Å². The quantitative estimate of drug-likeness (QED) is 0.684. The van der Waals surface area contributed by atoms with E-state index in [-0.39, 0.29) is 17.6 Å². The third-order valence-electron chi connectivity index (χ3n) is 3.12. The molecule has 0 aliphatic carbocycles. The summed E-state index contributed by atoms with van der Waals surface area (Å²) < 4.78 is 32.8. The van der Waals surface area contributed by atoms with E-state index >= 15 is 0 Å². The van der Waals surface area contributed by atoms with Crippen LogP contribution in [0.2, 0.25) is 5.28 Å². The van der Waals surface area contributed by atoms with Crippen molar-refractivity contribution in [3.8, 4) is 17.0 Å². The molecule has 0 bridgehead atoms. The highest BCUT2D eigenvalue weighted by Gasteiger charge is 2.19. The van der Waals surface area contributed by atoms with E-state index in [1.807, 2.05) is 0 Å². The van der Waals surface area contributed by atoms with Gasteiger partial charge in [0.15, 0.2) is 11.6 Å². The monoisotopic (exact) mass is 382 g/mol. The zero-order valence-electron chi connectivity index (χ0n) is 12.4. The maximum Gasteiger partial charge on any atom is 0.254 e. The van der Waals surface area contributed by atoms with Gasteiger partial charge in [-0.25, -0.2) is 23.7 Å². The number of carbonyl (C=O) groups excluding carboxylic acids is 1. The second-order valence-corrected chi connectivity index (χ2v) is 6.04. The molecule has 0 spiro atoms. The molecule has 2 aromatic heterocycles. The summed E-state index contributed by atoms with van der Waals surface area (Å²) >= 11 is 6.90. The Hall–Kier alpha value is -2.65. The Kier molecular flexibility index (Phi) is 4.86. The molecule has 0 aliphatic rings. The molecule has 0 fully saturated rings. The number of ether oxygens (including phenoxy) is 1. The molecule has 2 heterocycles. The Balaban J connectivity index is 1.76. The minimum atomic E-state index is -1.21. The Morgan fingerprint density at radius 1 is 1.28 bits per heavy atom. The molecule has 0 atom stereocenters. The Bertz CT molecular complexity index is 934. The number of hydrogen-bond donors (Lipinski definition) is 1. The largest absolute Gasteiger partial charge is 0.483 e. The van der Waals surface area contributed by atoms with E-state index in [1.54, 1.807) is 5.38 Å². The van der Waals surface area contributed by atoms with Crippen molar-refractivity contribution in [2.45, 2.75) is 6.61 Å². The zero-order chi connectivity index (χ0) is 18.0. The molecule has 1 amide bonds. The smallest absolute Gasteiger partial charge is 0.254 e. The number of nitrogens with zero attached hydrogens (tertiary/aromatic N) is 3. The highest BCUT2D eigenvalue weighted by Crippen LogP contribution is 2.26. The van der Waals surface area contributed by atoms with Gasteiger partial charge in [-0.2, -0.15) is 0 Å². The van der Waals surface area contributed by atoms with E-state index in [1.165, 1.54) is 23.7 Å². The third-order valence-corrected chi connectivity index (χ3v) is 4.14. The fourth-order valence-electron chi connectivity index (χ4n) is 1.96. The van der Waals surface area contributed by atoms with Gasteiger partial charge in [0.1, 0.15) is 23.0 Å². The summed E-state index contributed by atoms with van der Waals surface area (Å²) in [7, 11) is 0. The third kappa shape index (κ3) is 3.72. The van der Waals surface area contributed by atoms with Gasteiger partial charge in [-0.15, -0.1) is 11.3 Å². The Morgan fingerprint density at radius 3 is 2.68 bits per heavy atom. The number of aromatic nitrogens is 3. The van der Waals surface area contributed by atoms with E-state index in [2.05, 4.69) is 15.0 Å². The average Bonchev–Trinajstić information content (AvgIpc) is 3.03. The van der Waals surface area contributed by atoms with Crippen LogP contribution in [0.5, 0.6) is 5.75 Å². The van der Waals surface area contributed by atoms with Gasteiger partial charge in [0.25, 0.3) is 5.91 Å². The van der Waals surface area contributed by atoms with E-state index in [0.717, 1.165) is 12.1 Å². The number of rotatable bonds is 5. The summed E-state index contributed by atoms with van der Waals surface area (Å²) in [5.74, 6) is -3.69. The number of thiazole rings is 1. The molecule has 3 rings (SSSR count). The number of amides is 1. The van der Waals surface area contributed by atoms with Crippen molar-refractivity contribution in [1.82, 2.24) is 15.0 Å². The van der Waals surface area contributed by atoms with E-state index in [4.69, 9.17) is 22.1 Å². The molecule has 0 unspecified atom stereocenters. The van der Waals surface area contributed by atoms with Gasteiger partial charge < -0.3 is 10.5 Å². The maximum absolute atomic E-state index is 14.1. The van der Waals surface area contributed by atoms with Gasteiger partial charge in [0.05, 0.1) is 5.69 Å². The highest BCUT2D eigenvalue weighted by molar-refractivity contribution is 7.09. The second-order valence-electron chi connectivity index (χ2n) is 4.75. The Morgan fingerprint density at radius 2 is 2.00 bits per heavy atom. The van der Waals surface area contributed by atoms with Crippen molar-refractivity contribution >= 4 is 28.8 Å². The van der Waals surface area contributed by atoms with Crippen LogP contribution in [0.4, 0.5) is 8.78 Å². The van der Waals surface area contributed by atoms with E-state index in [9.17, 15) is 13.6 Å². The Labute approximate surface area is 149 Å². The lowest BCUT2D eigenvalue weighted by atomic mass is 10.2. The summed E-state index contributed by atoms with van der Waals surface area (Å²) in [6.45, 7) is -0.0696. The van der Waals surface area contributed by atoms with E-state index < -0.39 is 23.1 Å². The number of benzene rings is 1. The molecular formula is C15H9ClF2N4O2S. The molecule has 0 radical (unpaired) electrons. The van der Waals surface area contributed by atoms with Crippen molar-refractivity contribution in [3.63, 3.8) is 0 Å². The van der Waals surface area contributed by atoms with Crippen LogP contribution >= 0.6 is 22.9 Å². The minimum Gasteiger partial charge on any atom is -0.483 e. The first kappa shape index (κ1) is 17.2. The molecule has 0 saturated heterocycles. The van der Waals surface area contributed by atoms with Crippen LogP contribution in [0.15, 0.2) is 29.9 Å². The number of halogens is 3. The molecule has 1 aromatic carbocycles. The van der Waals surface area contributed by atoms with Crippen molar-refractivity contribution in [2.75, 3.05) is 0 Å². The fraction of sp³-hybridized carbons (Fsp3) is 0.0667. The van der Waals surface area contributed by atoms with Crippen LogP contribution in [0.1, 0.15) is 15.4 Å². The van der Waals surface area contributed by atoms with Crippen molar-refractivity contribution in [3.05, 3.63) is 57.4 Å². The number of nitrogens with two attached hydrogens (primary N) is 1. The normalized spacial score (nSPS) is 10.7. The zero-order valence-corrected chi connectivity index (χ0v) is 13.9. The predicted octanol–water partition coefficient (Wildman–Crippen LogP) is 3.21. The predicted molar refractivity (Wildman–Crippen MR) is 87.4 cm³/mol. The molecule has 6 nitrogen and oxygen atoms in total. The first-order chi connectivity index (χ1) is 12.0. The number of carbonyl (C=O) groups is 1. The van der Waals surface area contributed by atoms with Crippen LogP contribution in [0.3, 0.4) is 0 Å². The van der Waals surface area contributed by atoms with Gasteiger partial charge in [-0.1, -0.05) is 0 Å². The lowest BCUT2D eigenvalue weighted by Gasteiger charge is -2.08. The van der Waals surface area contributed by atoms with Crippen LogP contribution in [-0.2, 0) is 6.61 Å². The van der Waals surface area contributed by atoms with Gasteiger partial charge in [-0.05, 0) is 23.7 Å². The summed E-state index contributed by atoms with van der Waals surface area (Å²) in [4.78, 5) is 23.1. The first-order valence-corrected chi connectivity index (χ1v) is 8.04. The number of hydrogen-bond acceptors (Lipinski definition) is 6. The molecule has 2 N–H and O–H groups in total.